The summed E-state index contributed by atoms with van der Waals surface area (Å²) in [6.07, 6.45) is 0. The summed E-state index contributed by atoms with van der Waals surface area (Å²) in [5, 5.41) is 3.03. The van der Waals surface area contributed by atoms with Crippen molar-refractivity contribution in [2.75, 3.05) is 0 Å². The molecule has 0 N–H and O–H groups in total. The number of rotatable bonds is 1. The highest BCUT2D eigenvalue weighted by Crippen LogP contribution is 2.49. The van der Waals surface area contributed by atoms with Crippen molar-refractivity contribution in [3.8, 4) is 56.2 Å². The molecule has 44 heavy (non-hydrogen) atoms. The van der Waals surface area contributed by atoms with E-state index >= 15 is 0 Å². The summed E-state index contributed by atoms with van der Waals surface area (Å²) in [6, 6.07) is 26.7. The van der Waals surface area contributed by atoms with Gasteiger partial charge in [0.15, 0.2) is 0 Å². The first kappa shape index (κ1) is 23.9. The molecule has 0 amide bonds. The van der Waals surface area contributed by atoms with Gasteiger partial charge in [0.25, 0.3) is 0 Å². The van der Waals surface area contributed by atoms with Crippen LogP contribution in [0.4, 0.5) is 8.78 Å². The van der Waals surface area contributed by atoms with Crippen molar-refractivity contribution in [1.82, 2.24) is 19.9 Å². The lowest BCUT2D eigenvalue weighted by Gasteiger charge is -2.08. The van der Waals surface area contributed by atoms with Crippen molar-refractivity contribution >= 4 is 43.6 Å². The lowest BCUT2D eigenvalue weighted by molar-refractivity contribution is 0.608. The van der Waals surface area contributed by atoms with E-state index in [0.717, 1.165) is 44.7 Å². The Balaban J connectivity index is 1.12. The first-order chi connectivity index (χ1) is 21.4. The normalized spacial score (nSPS) is 12.5. The molecular weight excluding hydrogens is 550 g/mol. The third-order valence-electron chi connectivity index (χ3n) is 9.32. The Morgan fingerprint density at radius 1 is 0.386 bits per heavy atom. The van der Waals surface area contributed by atoms with Gasteiger partial charge in [-0.3, -0.25) is 0 Å². The predicted octanol–water partition coefficient (Wildman–Crippen LogP) is 9.74. The number of hydrogen-bond donors (Lipinski definition) is 0. The fourth-order valence-corrected chi connectivity index (χ4v) is 7.29. The topological polar surface area (TPSA) is 51.6 Å². The second-order valence-electron chi connectivity index (χ2n) is 11.8. The number of halogens is 2. The van der Waals surface area contributed by atoms with E-state index in [-0.39, 0.29) is 5.39 Å². The van der Waals surface area contributed by atoms with Crippen LogP contribution in [0.2, 0.25) is 0 Å². The standard InChI is InChI=1S/C38H20F2N4/c1-17-3-7-21-32-22(8-4-18(2)31(17)32)37-35(21)41-27-13-5-19(15-29(27)43-37)20-6-14-28-30(16-20)44-38-24-10-12-26(40)34-25(39)11-9-23(33(24)34)36(38)42-28/h3-16H,1-2H3. The molecule has 2 aliphatic carbocycles. The summed E-state index contributed by atoms with van der Waals surface area (Å²) < 4.78 is 29.3. The van der Waals surface area contributed by atoms with Crippen molar-refractivity contribution in [2.45, 2.75) is 13.8 Å². The highest BCUT2D eigenvalue weighted by molar-refractivity contribution is 6.16. The molecule has 0 fully saturated rings. The fourth-order valence-electron chi connectivity index (χ4n) is 7.29. The van der Waals surface area contributed by atoms with Crippen LogP contribution in [-0.4, -0.2) is 19.9 Å². The average molecular weight is 571 g/mol. The Labute approximate surface area is 249 Å². The fraction of sp³-hybridized carbons (Fsp3) is 0.0526. The third-order valence-corrected chi connectivity index (χ3v) is 9.32. The molecule has 0 aliphatic heterocycles. The molecule has 0 atom stereocenters. The molecule has 0 saturated heterocycles. The largest absolute Gasteiger partial charge is 0.244 e. The van der Waals surface area contributed by atoms with E-state index in [1.165, 1.54) is 34.0 Å². The van der Waals surface area contributed by atoms with Crippen LogP contribution in [0.1, 0.15) is 11.1 Å². The first-order valence-electron chi connectivity index (χ1n) is 14.5. The molecule has 10 rings (SSSR count). The molecule has 0 unspecified atom stereocenters. The smallest absolute Gasteiger partial charge is 0.134 e. The summed E-state index contributed by atoms with van der Waals surface area (Å²) >= 11 is 0. The zero-order valence-electron chi connectivity index (χ0n) is 23.6. The minimum atomic E-state index is -0.585. The van der Waals surface area contributed by atoms with Crippen molar-refractivity contribution in [1.29, 1.82) is 0 Å². The van der Waals surface area contributed by atoms with Gasteiger partial charge in [-0.2, -0.15) is 0 Å². The maximum absolute atomic E-state index is 14.6. The van der Waals surface area contributed by atoms with Crippen LogP contribution in [0, 0.1) is 25.5 Å². The molecule has 0 saturated carbocycles. The Bertz CT molecular complexity index is 2460. The molecule has 2 heterocycles. The van der Waals surface area contributed by atoms with E-state index in [4.69, 9.17) is 19.9 Å². The summed E-state index contributed by atoms with van der Waals surface area (Å²) in [7, 11) is 0. The predicted molar refractivity (Wildman–Crippen MR) is 171 cm³/mol. The van der Waals surface area contributed by atoms with E-state index in [1.54, 1.807) is 12.1 Å². The lowest BCUT2D eigenvalue weighted by atomic mass is 9.96. The summed E-state index contributed by atoms with van der Waals surface area (Å²) in [5.41, 5.74) is 14.4. The molecule has 206 valence electrons. The zero-order valence-corrected chi connectivity index (χ0v) is 23.6. The molecule has 6 heteroatoms. The number of aromatic nitrogens is 4. The van der Waals surface area contributed by atoms with Crippen LogP contribution in [0.25, 0.3) is 99.8 Å². The number of nitrogens with zero attached hydrogens (tertiary/aromatic N) is 4. The molecule has 0 bridgehead atoms. The molecular formula is C38H20F2N4. The second kappa shape index (κ2) is 8.05. The van der Waals surface area contributed by atoms with Crippen LogP contribution in [-0.2, 0) is 0 Å². The van der Waals surface area contributed by atoms with Crippen LogP contribution in [0.5, 0.6) is 0 Å². The zero-order chi connectivity index (χ0) is 29.4. The van der Waals surface area contributed by atoms with Gasteiger partial charge < -0.3 is 0 Å². The SMILES string of the molecule is Cc1ccc2c3c(ccc(C)c13)-c1nc3cc(-c4ccc5nc6c(nc5c4)-c4ccc(F)c5c(F)ccc-6c45)ccc3nc1-2. The van der Waals surface area contributed by atoms with Gasteiger partial charge in [-0.25, -0.2) is 28.7 Å². The molecule has 0 radical (unpaired) electrons. The third kappa shape index (κ3) is 2.94. The first-order valence-corrected chi connectivity index (χ1v) is 14.5. The van der Waals surface area contributed by atoms with Crippen LogP contribution in [0.3, 0.4) is 0 Å². The van der Waals surface area contributed by atoms with Gasteiger partial charge in [-0.1, -0.05) is 36.4 Å². The number of hydrogen-bond acceptors (Lipinski definition) is 4. The minimum absolute atomic E-state index is 0.0158. The Morgan fingerprint density at radius 3 is 1.23 bits per heavy atom. The lowest BCUT2D eigenvalue weighted by Crippen LogP contribution is -1.93. The summed E-state index contributed by atoms with van der Waals surface area (Å²) in [4.78, 5) is 20.1. The number of fused-ring (bicyclic) bond motifs is 8. The Hall–Kier alpha value is -5.62. The molecule has 2 aliphatic rings. The van der Waals surface area contributed by atoms with Gasteiger partial charge in [0.2, 0.25) is 0 Å². The second-order valence-corrected chi connectivity index (χ2v) is 11.8. The average Bonchev–Trinajstić information content (AvgIpc) is 3.51. The quantitative estimate of drug-likeness (QED) is 0.197. The summed E-state index contributed by atoms with van der Waals surface area (Å²) in [5.74, 6) is -1.17. The van der Waals surface area contributed by atoms with Gasteiger partial charge >= 0.3 is 0 Å². The van der Waals surface area contributed by atoms with Crippen molar-refractivity contribution < 1.29 is 8.78 Å². The monoisotopic (exact) mass is 570 g/mol. The van der Waals surface area contributed by atoms with Gasteiger partial charge in [-0.15, -0.1) is 0 Å². The van der Waals surface area contributed by atoms with E-state index in [0.29, 0.717) is 38.9 Å². The molecule has 4 nitrogen and oxygen atoms in total. The van der Waals surface area contributed by atoms with E-state index in [2.05, 4.69) is 50.2 Å². The Kier molecular flexibility index (Phi) is 4.37. The van der Waals surface area contributed by atoms with E-state index in [9.17, 15) is 8.78 Å². The molecule has 6 aromatic carbocycles. The van der Waals surface area contributed by atoms with Crippen molar-refractivity contribution in [3.05, 3.63) is 108 Å². The minimum Gasteiger partial charge on any atom is -0.244 e. The van der Waals surface area contributed by atoms with Crippen LogP contribution < -0.4 is 0 Å². The Morgan fingerprint density at radius 2 is 0.773 bits per heavy atom. The van der Waals surface area contributed by atoms with Crippen molar-refractivity contribution in [3.63, 3.8) is 0 Å². The van der Waals surface area contributed by atoms with Crippen LogP contribution in [0.15, 0.2) is 84.9 Å². The maximum Gasteiger partial charge on any atom is 0.134 e. The van der Waals surface area contributed by atoms with Gasteiger partial charge in [0, 0.05) is 33.0 Å². The molecule has 8 aromatic rings. The van der Waals surface area contributed by atoms with Gasteiger partial charge in [0.1, 0.15) is 11.6 Å². The highest BCUT2D eigenvalue weighted by Gasteiger charge is 2.28. The van der Waals surface area contributed by atoms with Gasteiger partial charge in [0.05, 0.1) is 50.2 Å². The maximum atomic E-state index is 14.6. The number of aryl methyl sites for hydroxylation is 2. The number of benzene rings is 6. The molecule has 2 aromatic heterocycles. The summed E-state index contributed by atoms with van der Waals surface area (Å²) in [6.45, 7) is 4.31. The highest BCUT2D eigenvalue weighted by atomic mass is 19.1. The van der Waals surface area contributed by atoms with E-state index in [1.807, 2.05) is 24.3 Å². The molecule has 0 spiro atoms. The van der Waals surface area contributed by atoms with Crippen LogP contribution >= 0.6 is 0 Å². The van der Waals surface area contributed by atoms with Crippen molar-refractivity contribution in [2.24, 2.45) is 0 Å². The van der Waals surface area contributed by atoms with Gasteiger partial charge in [-0.05, 0) is 90.0 Å². The van der Waals surface area contributed by atoms with E-state index < -0.39 is 11.6 Å².